The third kappa shape index (κ3) is 7.15. The molecule has 1 N–H and O–H groups in total. The van der Waals surface area contributed by atoms with Crippen LogP contribution in [0.1, 0.15) is 13.8 Å². The Morgan fingerprint density at radius 1 is 1.28 bits per heavy atom. The molecule has 1 rings (SSSR count). The Hall–Kier alpha value is -0.370. The zero-order valence-electron chi connectivity index (χ0n) is 10.7. The average molecular weight is 271 g/mol. The second-order valence-corrected chi connectivity index (χ2v) is 4.87. The highest BCUT2D eigenvalue weighted by atomic mass is 19.4. The lowest BCUT2D eigenvalue weighted by Crippen LogP contribution is -2.51. The van der Waals surface area contributed by atoms with Crippen molar-refractivity contribution in [1.29, 1.82) is 0 Å². The molecule has 1 unspecified atom stereocenters. The summed E-state index contributed by atoms with van der Waals surface area (Å²) in [6.45, 7) is 4.60. The predicted molar refractivity (Wildman–Crippen MR) is 59.5 cm³/mol. The van der Waals surface area contributed by atoms with Crippen molar-refractivity contribution in [3.8, 4) is 0 Å². The summed E-state index contributed by atoms with van der Waals surface area (Å²) in [5.41, 5.74) is -0.237. The van der Waals surface area contributed by atoms with Crippen LogP contribution in [0.5, 0.6) is 0 Å². The first-order valence-corrected chi connectivity index (χ1v) is 5.89. The predicted octanol–water partition coefficient (Wildman–Crippen LogP) is 1.35. The van der Waals surface area contributed by atoms with E-state index < -0.39 is 12.8 Å². The lowest BCUT2D eigenvalue weighted by Gasteiger charge is -2.36. The highest BCUT2D eigenvalue weighted by Crippen LogP contribution is 2.15. The molecule has 0 aliphatic carbocycles. The number of hydrogen-bond acceptors (Lipinski definition) is 4. The first-order chi connectivity index (χ1) is 8.29. The van der Waals surface area contributed by atoms with Gasteiger partial charge >= 0.3 is 6.18 Å². The summed E-state index contributed by atoms with van der Waals surface area (Å²) >= 11 is 0. The molecule has 18 heavy (non-hydrogen) atoms. The molecule has 1 heterocycles. The molecule has 4 nitrogen and oxygen atoms in total. The third-order valence-electron chi connectivity index (χ3n) is 2.35. The number of alkyl halides is 3. The van der Waals surface area contributed by atoms with E-state index in [0.717, 1.165) is 6.54 Å². The molecule has 1 saturated heterocycles. The zero-order chi connectivity index (χ0) is 13.6. The minimum Gasteiger partial charge on any atom is -0.376 e. The maximum absolute atomic E-state index is 11.7. The van der Waals surface area contributed by atoms with Gasteiger partial charge in [0.15, 0.2) is 0 Å². The number of rotatable bonds is 6. The fraction of sp³-hybridized carbons (Fsp3) is 1.00. The monoisotopic (exact) mass is 271 g/mol. The molecule has 0 aromatic carbocycles. The molecule has 0 aromatic rings. The van der Waals surface area contributed by atoms with E-state index >= 15 is 0 Å². The van der Waals surface area contributed by atoms with Crippen molar-refractivity contribution in [1.82, 2.24) is 5.32 Å². The van der Waals surface area contributed by atoms with E-state index in [1.807, 2.05) is 13.8 Å². The van der Waals surface area contributed by atoms with Crippen molar-refractivity contribution in [2.24, 2.45) is 0 Å². The molecule has 7 heteroatoms. The number of halogens is 3. The molecule has 0 bridgehead atoms. The molecule has 1 aliphatic heterocycles. The molecule has 0 spiro atoms. The van der Waals surface area contributed by atoms with Crippen LogP contribution in [-0.4, -0.2) is 57.4 Å². The van der Waals surface area contributed by atoms with Gasteiger partial charge in [-0.1, -0.05) is 0 Å². The Morgan fingerprint density at radius 2 is 1.94 bits per heavy atom. The Kier molecular flexibility index (Phi) is 5.84. The van der Waals surface area contributed by atoms with Crippen LogP contribution in [0.4, 0.5) is 13.2 Å². The van der Waals surface area contributed by atoms with Crippen molar-refractivity contribution in [2.45, 2.75) is 31.7 Å². The van der Waals surface area contributed by atoms with E-state index in [1.165, 1.54) is 0 Å². The molecular formula is C11H20F3NO3. The lowest BCUT2D eigenvalue weighted by molar-refractivity contribution is -0.178. The van der Waals surface area contributed by atoms with Crippen molar-refractivity contribution >= 4 is 0 Å². The van der Waals surface area contributed by atoms with Gasteiger partial charge in [0, 0.05) is 13.1 Å². The molecule has 1 fully saturated rings. The van der Waals surface area contributed by atoms with Crippen molar-refractivity contribution < 1.29 is 27.4 Å². The van der Waals surface area contributed by atoms with Gasteiger partial charge in [0.25, 0.3) is 0 Å². The summed E-state index contributed by atoms with van der Waals surface area (Å²) in [6.07, 6.45) is -4.35. The van der Waals surface area contributed by atoms with E-state index in [2.05, 4.69) is 10.1 Å². The van der Waals surface area contributed by atoms with Gasteiger partial charge in [0.1, 0.15) is 6.61 Å². The van der Waals surface area contributed by atoms with Crippen LogP contribution in [-0.2, 0) is 14.2 Å². The first kappa shape index (κ1) is 15.7. The second-order valence-electron chi connectivity index (χ2n) is 4.87. The normalized spacial score (nSPS) is 24.2. The van der Waals surface area contributed by atoms with E-state index in [9.17, 15) is 13.2 Å². The van der Waals surface area contributed by atoms with Crippen LogP contribution in [0.3, 0.4) is 0 Å². The fourth-order valence-electron chi connectivity index (χ4n) is 1.68. The van der Waals surface area contributed by atoms with Crippen LogP contribution in [0, 0.1) is 0 Å². The lowest BCUT2D eigenvalue weighted by atomic mass is 10.1. The Bertz CT molecular complexity index is 246. The summed E-state index contributed by atoms with van der Waals surface area (Å²) in [5.74, 6) is 0. The molecule has 0 amide bonds. The minimum absolute atomic E-state index is 0.0664. The van der Waals surface area contributed by atoms with Crippen molar-refractivity contribution in [2.75, 3.05) is 39.5 Å². The highest BCUT2D eigenvalue weighted by molar-refractivity contribution is 4.81. The zero-order valence-corrected chi connectivity index (χ0v) is 10.7. The van der Waals surface area contributed by atoms with Gasteiger partial charge in [-0.05, 0) is 13.8 Å². The maximum atomic E-state index is 11.7. The van der Waals surface area contributed by atoms with Crippen molar-refractivity contribution in [3.05, 3.63) is 0 Å². The largest absolute Gasteiger partial charge is 0.411 e. The molecule has 1 atom stereocenters. The highest BCUT2D eigenvalue weighted by Gasteiger charge is 2.28. The summed E-state index contributed by atoms with van der Waals surface area (Å²) < 4.78 is 50.6. The van der Waals surface area contributed by atoms with Crippen LogP contribution in [0.25, 0.3) is 0 Å². The molecule has 108 valence electrons. The van der Waals surface area contributed by atoms with Gasteiger partial charge in [-0.2, -0.15) is 13.2 Å². The van der Waals surface area contributed by atoms with Gasteiger partial charge in [-0.25, -0.2) is 0 Å². The number of hydrogen-bond donors (Lipinski definition) is 1. The Balaban J connectivity index is 2.01. The molecular weight excluding hydrogens is 251 g/mol. The van der Waals surface area contributed by atoms with Gasteiger partial charge in [-0.15, -0.1) is 0 Å². The van der Waals surface area contributed by atoms with Crippen LogP contribution in [0.2, 0.25) is 0 Å². The summed E-state index contributed by atoms with van der Waals surface area (Å²) in [7, 11) is 0. The summed E-state index contributed by atoms with van der Waals surface area (Å²) in [5, 5.41) is 3.21. The van der Waals surface area contributed by atoms with Crippen LogP contribution in [0.15, 0.2) is 0 Å². The summed E-state index contributed by atoms with van der Waals surface area (Å²) in [6, 6.07) is 0. The smallest absolute Gasteiger partial charge is 0.376 e. The second kappa shape index (κ2) is 6.70. The topological polar surface area (TPSA) is 39.7 Å². The molecule has 1 aliphatic rings. The first-order valence-electron chi connectivity index (χ1n) is 5.89. The van der Waals surface area contributed by atoms with E-state index in [0.29, 0.717) is 13.2 Å². The SMILES string of the molecule is CC1(C)CNCC(COCCOCC(F)(F)F)O1. The Labute approximate surface area is 105 Å². The van der Waals surface area contributed by atoms with Crippen LogP contribution >= 0.6 is 0 Å². The van der Waals surface area contributed by atoms with E-state index in [1.54, 1.807) is 0 Å². The average Bonchev–Trinajstić information content (AvgIpc) is 2.20. The number of morpholine rings is 1. The van der Waals surface area contributed by atoms with Gasteiger partial charge in [0.2, 0.25) is 0 Å². The van der Waals surface area contributed by atoms with Gasteiger partial charge < -0.3 is 19.5 Å². The summed E-state index contributed by atoms with van der Waals surface area (Å²) in [4.78, 5) is 0. The minimum atomic E-state index is -4.28. The maximum Gasteiger partial charge on any atom is 0.411 e. The number of ether oxygens (including phenoxy) is 3. The van der Waals surface area contributed by atoms with E-state index in [-0.39, 0.29) is 24.9 Å². The fourth-order valence-corrected chi connectivity index (χ4v) is 1.68. The standard InChI is InChI=1S/C11H20F3NO3/c1-10(2)7-15-5-9(18-10)6-16-3-4-17-8-11(12,13)14/h9,15H,3-8H2,1-2H3. The quantitative estimate of drug-likeness (QED) is 0.740. The van der Waals surface area contributed by atoms with E-state index in [4.69, 9.17) is 9.47 Å². The van der Waals surface area contributed by atoms with Crippen LogP contribution < -0.4 is 5.32 Å². The van der Waals surface area contributed by atoms with Crippen molar-refractivity contribution in [3.63, 3.8) is 0 Å². The third-order valence-corrected chi connectivity index (χ3v) is 2.35. The van der Waals surface area contributed by atoms with Gasteiger partial charge in [0.05, 0.1) is 31.5 Å². The van der Waals surface area contributed by atoms with Gasteiger partial charge in [-0.3, -0.25) is 0 Å². The molecule has 0 saturated carbocycles. The Morgan fingerprint density at radius 3 is 2.56 bits per heavy atom. The molecule has 0 radical (unpaired) electrons. The molecule has 0 aromatic heterocycles. The number of nitrogens with one attached hydrogen (secondary N) is 1.